The fraction of sp³-hybridized carbons (Fsp3) is 1.00. The Hall–Kier alpha value is -0.0400. The number of ether oxygens (including phenoxy) is 1. The molecule has 0 unspecified atom stereocenters. The van der Waals surface area contributed by atoms with Gasteiger partial charge in [0.2, 0.25) is 0 Å². The van der Waals surface area contributed by atoms with Crippen LogP contribution in [0.5, 0.6) is 0 Å². The van der Waals surface area contributed by atoms with E-state index in [4.69, 9.17) is 4.74 Å². The number of rotatable bonds is 0. The minimum absolute atomic E-state index is 0.703. The van der Waals surface area contributed by atoms with Crippen LogP contribution in [0.1, 0.15) is 19.3 Å². The highest BCUT2D eigenvalue weighted by Gasteiger charge is 2.39. The van der Waals surface area contributed by atoms with Crippen LogP contribution in [0.3, 0.4) is 0 Å². The largest absolute Gasteiger partial charge is 0.378 e. The molecule has 0 aromatic heterocycles. The average Bonchev–Trinajstić information content (AvgIpc) is 2.41. The highest BCUT2D eigenvalue weighted by atomic mass is 16.5. The van der Waals surface area contributed by atoms with Crippen LogP contribution < -0.4 is 0 Å². The van der Waals surface area contributed by atoms with Gasteiger partial charge in [0.05, 0.1) is 6.10 Å². The summed E-state index contributed by atoms with van der Waals surface area (Å²) in [5.41, 5.74) is 0. The zero-order valence-electron chi connectivity index (χ0n) is 4.39. The Morgan fingerprint density at radius 1 is 1.43 bits per heavy atom. The molecule has 2 rings (SSSR count). The van der Waals surface area contributed by atoms with Crippen molar-refractivity contribution in [3.05, 3.63) is 0 Å². The molecule has 0 aromatic rings. The van der Waals surface area contributed by atoms with Crippen molar-refractivity contribution in [2.24, 2.45) is 5.92 Å². The van der Waals surface area contributed by atoms with Crippen LogP contribution in [0.4, 0.5) is 0 Å². The molecule has 0 radical (unpaired) electrons. The van der Waals surface area contributed by atoms with Gasteiger partial charge in [0, 0.05) is 6.61 Å². The van der Waals surface area contributed by atoms with Gasteiger partial charge in [0.1, 0.15) is 0 Å². The Labute approximate surface area is 43.7 Å². The third-order valence-electron chi connectivity index (χ3n) is 1.91. The molecule has 40 valence electrons. The van der Waals surface area contributed by atoms with Gasteiger partial charge in [-0.15, -0.1) is 0 Å². The predicted molar refractivity (Wildman–Crippen MR) is 27.1 cm³/mol. The van der Waals surface area contributed by atoms with E-state index in [0.29, 0.717) is 6.10 Å². The summed E-state index contributed by atoms with van der Waals surface area (Å²) in [6.07, 6.45) is 4.81. The van der Waals surface area contributed by atoms with Crippen molar-refractivity contribution in [1.29, 1.82) is 0 Å². The second-order valence-corrected chi connectivity index (χ2v) is 2.55. The van der Waals surface area contributed by atoms with Gasteiger partial charge in [-0.3, -0.25) is 0 Å². The molecule has 1 saturated carbocycles. The lowest BCUT2D eigenvalue weighted by Gasteiger charge is -2.07. The summed E-state index contributed by atoms with van der Waals surface area (Å²) in [5, 5.41) is 0. The normalized spacial score (nSPS) is 48.0. The zero-order chi connectivity index (χ0) is 4.69. The molecule has 2 fully saturated rings. The molecule has 0 spiro atoms. The van der Waals surface area contributed by atoms with Crippen molar-refractivity contribution in [3.63, 3.8) is 0 Å². The van der Waals surface area contributed by atoms with Crippen LogP contribution in [-0.4, -0.2) is 12.7 Å². The molecule has 0 aromatic carbocycles. The topological polar surface area (TPSA) is 9.23 Å². The number of hydrogen-bond donors (Lipinski definition) is 0. The van der Waals surface area contributed by atoms with Gasteiger partial charge in [0.15, 0.2) is 0 Å². The fourth-order valence-corrected chi connectivity index (χ4v) is 1.31. The molecule has 1 nitrogen and oxygen atoms in total. The summed E-state index contributed by atoms with van der Waals surface area (Å²) >= 11 is 0. The van der Waals surface area contributed by atoms with Crippen molar-refractivity contribution in [2.45, 2.75) is 25.4 Å². The molecule has 1 heteroatoms. The van der Waals surface area contributed by atoms with E-state index in [-0.39, 0.29) is 0 Å². The molecule has 2 atom stereocenters. The minimum atomic E-state index is 0.703. The second kappa shape index (κ2) is 1.22. The second-order valence-electron chi connectivity index (χ2n) is 2.55. The van der Waals surface area contributed by atoms with E-state index in [1.54, 1.807) is 0 Å². The summed E-state index contributed by atoms with van der Waals surface area (Å²) in [4.78, 5) is 0. The van der Waals surface area contributed by atoms with Crippen molar-refractivity contribution in [3.8, 4) is 0 Å². The Balaban J connectivity index is 1.95. The van der Waals surface area contributed by atoms with E-state index in [1.165, 1.54) is 19.3 Å². The fourth-order valence-electron chi connectivity index (χ4n) is 1.31. The maximum absolute atomic E-state index is 5.35. The van der Waals surface area contributed by atoms with E-state index in [2.05, 4.69) is 0 Å². The van der Waals surface area contributed by atoms with E-state index < -0.39 is 0 Å². The molecule has 0 amide bonds. The zero-order valence-corrected chi connectivity index (χ0v) is 4.39. The molecule has 7 heavy (non-hydrogen) atoms. The first-order chi connectivity index (χ1) is 3.47. The van der Waals surface area contributed by atoms with Crippen LogP contribution in [0, 0.1) is 5.92 Å². The van der Waals surface area contributed by atoms with Gasteiger partial charge in [-0.2, -0.15) is 0 Å². The molecule has 1 aliphatic heterocycles. The van der Waals surface area contributed by atoms with Crippen molar-refractivity contribution >= 4 is 0 Å². The standard InChI is InChI=1S/C6H10O/c1-2-5-4-6(5)7-3-1/h5-6H,1-4H2/t5-,6-/m0/s1. The highest BCUT2D eigenvalue weighted by molar-refractivity contribution is 4.89. The first-order valence-corrected chi connectivity index (χ1v) is 3.08. The minimum Gasteiger partial charge on any atom is -0.378 e. The van der Waals surface area contributed by atoms with Gasteiger partial charge in [0.25, 0.3) is 0 Å². The molecule has 1 saturated heterocycles. The summed E-state index contributed by atoms with van der Waals surface area (Å²) in [6, 6.07) is 0. The first kappa shape index (κ1) is 3.90. The maximum atomic E-state index is 5.35. The Bertz CT molecular complexity index is 70.2. The molecule has 2 aliphatic rings. The van der Waals surface area contributed by atoms with Gasteiger partial charge in [-0.25, -0.2) is 0 Å². The van der Waals surface area contributed by atoms with E-state index >= 15 is 0 Å². The van der Waals surface area contributed by atoms with Crippen molar-refractivity contribution < 1.29 is 4.74 Å². The highest BCUT2D eigenvalue weighted by Crippen LogP contribution is 2.40. The van der Waals surface area contributed by atoms with Crippen LogP contribution >= 0.6 is 0 Å². The SMILES string of the molecule is C1CO[C@H]2C[C@@H]2C1. The average molecular weight is 98.1 g/mol. The number of fused-ring (bicyclic) bond motifs is 1. The Morgan fingerprint density at radius 2 is 2.43 bits per heavy atom. The van der Waals surface area contributed by atoms with Crippen LogP contribution in [0.2, 0.25) is 0 Å². The molecule has 1 heterocycles. The van der Waals surface area contributed by atoms with Gasteiger partial charge >= 0.3 is 0 Å². The van der Waals surface area contributed by atoms with E-state index in [0.717, 1.165) is 12.5 Å². The summed E-state index contributed by atoms with van der Waals surface area (Å²) in [5.74, 6) is 0.980. The Kier molecular flexibility index (Phi) is 0.680. The first-order valence-electron chi connectivity index (χ1n) is 3.08. The summed E-state index contributed by atoms with van der Waals surface area (Å²) in [6.45, 7) is 1.03. The van der Waals surface area contributed by atoms with Crippen molar-refractivity contribution in [2.75, 3.05) is 6.61 Å². The summed E-state index contributed by atoms with van der Waals surface area (Å²) < 4.78 is 5.35. The third-order valence-corrected chi connectivity index (χ3v) is 1.91. The molecular weight excluding hydrogens is 88.1 g/mol. The van der Waals surface area contributed by atoms with Gasteiger partial charge in [-0.05, 0) is 25.2 Å². The van der Waals surface area contributed by atoms with Crippen LogP contribution in [-0.2, 0) is 4.74 Å². The van der Waals surface area contributed by atoms with Gasteiger partial charge in [-0.1, -0.05) is 0 Å². The van der Waals surface area contributed by atoms with Crippen LogP contribution in [0.25, 0.3) is 0 Å². The van der Waals surface area contributed by atoms with Gasteiger partial charge < -0.3 is 4.74 Å². The number of hydrogen-bond acceptors (Lipinski definition) is 1. The lowest BCUT2D eigenvalue weighted by molar-refractivity contribution is 0.0798. The quantitative estimate of drug-likeness (QED) is 0.442. The summed E-state index contributed by atoms with van der Waals surface area (Å²) in [7, 11) is 0. The molecular formula is C6H10O. The molecule has 0 bridgehead atoms. The third kappa shape index (κ3) is 0.556. The molecule has 1 aliphatic carbocycles. The monoisotopic (exact) mass is 98.1 g/mol. The lowest BCUT2D eigenvalue weighted by atomic mass is 10.2. The van der Waals surface area contributed by atoms with E-state index in [1.807, 2.05) is 0 Å². The molecule has 0 N–H and O–H groups in total. The Morgan fingerprint density at radius 3 is 3.00 bits per heavy atom. The van der Waals surface area contributed by atoms with Crippen LogP contribution in [0.15, 0.2) is 0 Å². The lowest BCUT2D eigenvalue weighted by Crippen LogP contribution is -2.05. The maximum Gasteiger partial charge on any atom is 0.0607 e. The van der Waals surface area contributed by atoms with Crippen molar-refractivity contribution in [1.82, 2.24) is 0 Å². The predicted octanol–water partition coefficient (Wildman–Crippen LogP) is 1.19. The smallest absolute Gasteiger partial charge is 0.0607 e. The van der Waals surface area contributed by atoms with E-state index in [9.17, 15) is 0 Å².